The number of nitrogens with one attached hydrogen (secondary N) is 2. The van der Waals surface area contributed by atoms with Crippen LogP contribution in [0.15, 0.2) is 4.99 Å². The third kappa shape index (κ3) is 4.59. The first-order valence-corrected chi connectivity index (χ1v) is 7.99. The van der Waals surface area contributed by atoms with Crippen molar-refractivity contribution >= 4 is 12.1 Å². The average molecular weight is 337 g/mol. The van der Waals surface area contributed by atoms with E-state index in [4.69, 9.17) is 4.74 Å². The van der Waals surface area contributed by atoms with Gasteiger partial charge in [-0.1, -0.05) is 0 Å². The number of carbonyl (C=O) groups is 1. The minimum Gasteiger partial charge on any atom is -0.444 e. The van der Waals surface area contributed by atoms with Crippen LogP contribution in [-0.4, -0.2) is 63.5 Å². The summed E-state index contributed by atoms with van der Waals surface area (Å²) in [6.45, 7) is 9.21. The van der Waals surface area contributed by atoms with Crippen LogP contribution < -0.4 is 10.6 Å². The van der Waals surface area contributed by atoms with Crippen LogP contribution in [0.4, 0.5) is 4.79 Å². The van der Waals surface area contributed by atoms with Crippen LogP contribution in [0.2, 0.25) is 0 Å². The fourth-order valence-electron chi connectivity index (χ4n) is 2.20. The third-order valence-electron chi connectivity index (χ3n) is 3.69. The molecule has 1 aromatic rings. The number of nitrogens with zero attached hydrogens (tertiary/aromatic N) is 5. The Labute approximate surface area is 142 Å². The van der Waals surface area contributed by atoms with Crippen molar-refractivity contribution < 1.29 is 9.53 Å². The van der Waals surface area contributed by atoms with Crippen molar-refractivity contribution in [2.75, 3.05) is 20.1 Å². The van der Waals surface area contributed by atoms with E-state index in [0.717, 1.165) is 11.6 Å². The van der Waals surface area contributed by atoms with Crippen molar-refractivity contribution in [2.45, 2.75) is 45.9 Å². The molecule has 0 saturated carbocycles. The Morgan fingerprint density at radius 2 is 2.04 bits per heavy atom. The topological polar surface area (TPSA) is 96.7 Å². The maximum atomic E-state index is 11.9. The number of likely N-dealkylation sites (tertiary alicyclic amines) is 1. The van der Waals surface area contributed by atoms with Gasteiger partial charge in [-0.3, -0.25) is 4.99 Å². The standard InChI is InChI=1S/C15H27N7O2/c1-10-19-20-12(21(10)6)7-17-13(16-5)18-11-8-22(9-11)14(23)24-15(2,3)4/h11H,7-9H2,1-6H3,(H2,16,17,18). The number of hydrogen-bond donors (Lipinski definition) is 2. The Hall–Kier alpha value is -2.32. The van der Waals surface area contributed by atoms with Gasteiger partial charge in [0.2, 0.25) is 0 Å². The molecule has 24 heavy (non-hydrogen) atoms. The predicted molar refractivity (Wildman–Crippen MR) is 90.7 cm³/mol. The maximum absolute atomic E-state index is 11.9. The molecule has 1 amide bonds. The molecule has 0 spiro atoms. The summed E-state index contributed by atoms with van der Waals surface area (Å²) >= 11 is 0. The van der Waals surface area contributed by atoms with Crippen LogP contribution in [-0.2, 0) is 18.3 Å². The van der Waals surface area contributed by atoms with Crippen LogP contribution in [0.5, 0.6) is 0 Å². The van der Waals surface area contributed by atoms with Gasteiger partial charge in [-0.05, 0) is 27.7 Å². The lowest BCUT2D eigenvalue weighted by Crippen LogP contribution is -2.63. The Kier molecular flexibility index (Phi) is 5.30. The fraction of sp³-hybridized carbons (Fsp3) is 0.733. The summed E-state index contributed by atoms with van der Waals surface area (Å²) in [5, 5.41) is 14.6. The van der Waals surface area contributed by atoms with Crippen molar-refractivity contribution in [3.05, 3.63) is 11.6 Å². The highest BCUT2D eigenvalue weighted by Crippen LogP contribution is 2.15. The van der Waals surface area contributed by atoms with E-state index in [0.29, 0.717) is 25.6 Å². The van der Waals surface area contributed by atoms with Crippen LogP contribution in [0.3, 0.4) is 0 Å². The van der Waals surface area contributed by atoms with Crippen LogP contribution >= 0.6 is 0 Å². The molecule has 1 fully saturated rings. The lowest BCUT2D eigenvalue weighted by molar-refractivity contribution is 0.00701. The molecule has 2 rings (SSSR count). The summed E-state index contributed by atoms with van der Waals surface area (Å²) in [5.41, 5.74) is -0.471. The molecule has 0 aromatic carbocycles. The van der Waals surface area contributed by atoms with Crippen LogP contribution in [0.25, 0.3) is 0 Å². The van der Waals surface area contributed by atoms with Crippen LogP contribution in [0.1, 0.15) is 32.4 Å². The molecule has 9 heteroatoms. The van der Waals surface area contributed by atoms with Gasteiger partial charge in [-0.25, -0.2) is 4.79 Å². The normalized spacial score (nSPS) is 15.9. The monoisotopic (exact) mass is 337 g/mol. The Balaban J connectivity index is 1.75. The summed E-state index contributed by atoms with van der Waals surface area (Å²) in [4.78, 5) is 17.8. The zero-order valence-electron chi connectivity index (χ0n) is 15.3. The molecule has 0 aliphatic carbocycles. The number of aryl methyl sites for hydroxylation is 1. The molecule has 0 unspecified atom stereocenters. The first-order valence-electron chi connectivity index (χ1n) is 7.99. The average Bonchev–Trinajstić information content (AvgIpc) is 2.75. The highest BCUT2D eigenvalue weighted by atomic mass is 16.6. The minimum atomic E-state index is -0.471. The molecule has 0 bridgehead atoms. The molecular formula is C15H27N7O2. The Morgan fingerprint density at radius 1 is 1.38 bits per heavy atom. The van der Waals surface area contributed by atoms with Gasteiger partial charge < -0.3 is 24.8 Å². The lowest BCUT2D eigenvalue weighted by atomic mass is 10.1. The molecule has 0 radical (unpaired) electrons. The third-order valence-corrected chi connectivity index (χ3v) is 3.69. The highest BCUT2D eigenvalue weighted by molar-refractivity contribution is 5.80. The van der Waals surface area contributed by atoms with Gasteiger partial charge in [0.25, 0.3) is 0 Å². The lowest BCUT2D eigenvalue weighted by Gasteiger charge is -2.40. The summed E-state index contributed by atoms with van der Waals surface area (Å²) in [6.07, 6.45) is -0.280. The van der Waals surface area contributed by atoms with Gasteiger partial charge in [0.1, 0.15) is 11.4 Å². The second kappa shape index (κ2) is 7.06. The molecule has 9 nitrogen and oxygen atoms in total. The molecular weight excluding hydrogens is 310 g/mol. The first-order chi connectivity index (χ1) is 11.2. The minimum absolute atomic E-state index is 0.157. The zero-order valence-corrected chi connectivity index (χ0v) is 15.3. The number of rotatable bonds is 3. The van der Waals surface area contributed by atoms with E-state index in [1.807, 2.05) is 39.3 Å². The summed E-state index contributed by atoms with van der Waals surface area (Å²) in [6, 6.07) is 0.157. The van der Waals surface area contributed by atoms with Gasteiger partial charge in [0.05, 0.1) is 12.6 Å². The van der Waals surface area contributed by atoms with Crippen molar-refractivity contribution in [3.8, 4) is 0 Å². The Morgan fingerprint density at radius 3 is 2.54 bits per heavy atom. The van der Waals surface area contributed by atoms with E-state index in [2.05, 4.69) is 25.8 Å². The van der Waals surface area contributed by atoms with Crippen molar-refractivity contribution in [3.63, 3.8) is 0 Å². The molecule has 2 heterocycles. The summed E-state index contributed by atoms with van der Waals surface area (Å²) in [7, 11) is 3.63. The second-order valence-corrected chi connectivity index (χ2v) is 6.87. The molecule has 1 saturated heterocycles. The zero-order chi connectivity index (χ0) is 17.9. The van der Waals surface area contributed by atoms with Gasteiger partial charge >= 0.3 is 6.09 Å². The predicted octanol–water partition coefficient (Wildman–Crippen LogP) is 0.408. The molecule has 1 aromatic heterocycles. The van der Waals surface area contributed by atoms with Gasteiger partial charge in [-0.15, -0.1) is 10.2 Å². The van der Waals surface area contributed by atoms with Gasteiger partial charge in [0.15, 0.2) is 11.8 Å². The fourth-order valence-corrected chi connectivity index (χ4v) is 2.20. The number of guanidine groups is 1. The largest absolute Gasteiger partial charge is 0.444 e. The number of ether oxygens (including phenoxy) is 1. The first kappa shape index (κ1) is 18.0. The smallest absolute Gasteiger partial charge is 0.410 e. The molecule has 2 N–H and O–H groups in total. The maximum Gasteiger partial charge on any atom is 0.410 e. The number of hydrogen-bond acceptors (Lipinski definition) is 5. The van der Waals surface area contributed by atoms with Crippen molar-refractivity contribution in [1.82, 2.24) is 30.3 Å². The number of amides is 1. The molecule has 0 atom stereocenters. The molecule has 1 aliphatic rings. The Bertz CT molecular complexity index is 612. The highest BCUT2D eigenvalue weighted by Gasteiger charge is 2.34. The van der Waals surface area contributed by atoms with Gasteiger partial charge in [-0.2, -0.15) is 0 Å². The van der Waals surface area contributed by atoms with E-state index < -0.39 is 5.60 Å². The summed E-state index contributed by atoms with van der Waals surface area (Å²) in [5.74, 6) is 2.37. The summed E-state index contributed by atoms with van der Waals surface area (Å²) < 4.78 is 7.26. The van der Waals surface area contributed by atoms with Crippen LogP contribution in [0, 0.1) is 6.92 Å². The quantitative estimate of drug-likeness (QED) is 0.612. The number of aliphatic imine (C=N–C) groups is 1. The van der Waals surface area contributed by atoms with E-state index in [1.54, 1.807) is 11.9 Å². The van der Waals surface area contributed by atoms with Crippen molar-refractivity contribution in [2.24, 2.45) is 12.0 Å². The van der Waals surface area contributed by atoms with Crippen molar-refractivity contribution in [1.29, 1.82) is 0 Å². The molecule has 134 valence electrons. The van der Waals surface area contributed by atoms with E-state index in [-0.39, 0.29) is 12.1 Å². The van der Waals surface area contributed by atoms with Gasteiger partial charge in [0, 0.05) is 27.2 Å². The number of aromatic nitrogens is 3. The second-order valence-electron chi connectivity index (χ2n) is 6.87. The van der Waals surface area contributed by atoms with E-state index in [1.165, 1.54) is 0 Å². The SMILES string of the molecule is CN=C(NCc1nnc(C)n1C)NC1CN(C(=O)OC(C)(C)C)C1. The van der Waals surface area contributed by atoms with E-state index >= 15 is 0 Å². The van der Waals surface area contributed by atoms with E-state index in [9.17, 15) is 4.79 Å². The number of carbonyl (C=O) groups excluding carboxylic acids is 1. The molecule has 1 aliphatic heterocycles.